The van der Waals surface area contributed by atoms with Gasteiger partial charge >= 0.3 is 0 Å². The van der Waals surface area contributed by atoms with Gasteiger partial charge in [0, 0.05) is 34.2 Å². The highest BCUT2D eigenvalue weighted by molar-refractivity contribution is 5.84. The summed E-state index contributed by atoms with van der Waals surface area (Å²) < 4.78 is 10.7. The zero-order valence-electron chi connectivity index (χ0n) is 15.0. The van der Waals surface area contributed by atoms with Crippen molar-refractivity contribution >= 4 is 11.9 Å². The molecular weight excluding hydrogens is 308 g/mol. The third-order valence-electron chi connectivity index (χ3n) is 3.96. The molecule has 0 spiro atoms. The average molecular weight is 334 g/mol. The van der Waals surface area contributed by atoms with Gasteiger partial charge in [-0.2, -0.15) is 0 Å². The van der Waals surface area contributed by atoms with Crippen LogP contribution < -0.4 is 20.1 Å². The van der Waals surface area contributed by atoms with Gasteiger partial charge in [0.25, 0.3) is 0 Å². The van der Waals surface area contributed by atoms with Gasteiger partial charge in [-0.25, -0.2) is 0 Å². The van der Waals surface area contributed by atoms with E-state index in [1.165, 1.54) is 0 Å². The molecule has 132 valence electrons. The molecule has 0 radical (unpaired) electrons. The summed E-state index contributed by atoms with van der Waals surface area (Å²) in [7, 11) is 5.32. The van der Waals surface area contributed by atoms with Gasteiger partial charge in [0.2, 0.25) is 12.7 Å². The molecule has 0 saturated carbocycles. The highest BCUT2D eigenvalue weighted by Crippen LogP contribution is 2.32. The first-order valence-corrected chi connectivity index (χ1v) is 7.90. The molecule has 2 rings (SSSR count). The molecule has 0 bridgehead atoms. The molecule has 0 unspecified atom stereocenters. The number of amides is 1. The molecule has 0 aliphatic carbocycles. The average Bonchev–Trinajstić information content (AvgIpc) is 3.02. The predicted octanol–water partition coefficient (Wildman–Crippen LogP) is 1.19. The van der Waals surface area contributed by atoms with Crippen LogP contribution in [0.5, 0.6) is 11.5 Å². The lowest BCUT2D eigenvalue weighted by Crippen LogP contribution is -2.47. The van der Waals surface area contributed by atoms with Gasteiger partial charge in [0.15, 0.2) is 17.5 Å². The molecule has 0 aromatic heterocycles. The van der Waals surface area contributed by atoms with Crippen molar-refractivity contribution in [3.63, 3.8) is 0 Å². The first kappa shape index (κ1) is 17.9. The Morgan fingerprint density at radius 3 is 2.71 bits per heavy atom. The maximum Gasteiger partial charge on any atom is 0.231 e. The summed E-state index contributed by atoms with van der Waals surface area (Å²) in [4.78, 5) is 18.2. The molecule has 0 saturated heterocycles. The van der Waals surface area contributed by atoms with Crippen molar-refractivity contribution in [2.45, 2.75) is 20.4 Å². The van der Waals surface area contributed by atoms with Crippen molar-refractivity contribution < 1.29 is 14.3 Å². The number of carbonyl (C=O) groups excluding carboxylic acids is 1. The minimum atomic E-state index is -0.524. The van der Waals surface area contributed by atoms with E-state index in [1.54, 1.807) is 14.1 Å². The van der Waals surface area contributed by atoms with Crippen molar-refractivity contribution in [2.24, 2.45) is 10.4 Å². The number of carbonyl (C=O) groups is 1. The Bertz CT molecular complexity index is 628. The Balaban J connectivity index is 1.97. The van der Waals surface area contributed by atoms with E-state index in [-0.39, 0.29) is 12.7 Å². The zero-order valence-corrected chi connectivity index (χ0v) is 15.0. The Labute approximate surface area is 143 Å². The van der Waals surface area contributed by atoms with Crippen LogP contribution in [-0.2, 0) is 11.3 Å². The van der Waals surface area contributed by atoms with E-state index >= 15 is 0 Å². The Hall–Kier alpha value is -2.44. The van der Waals surface area contributed by atoms with E-state index in [4.69, 9.17) is 9.47 Å². The highest BCUT2D eigenvalue weighted by atomic mass is 16.7. The lowest BCUT2D eigenvalue weighted by molar-refractivity contribution is -0.128. The largest absolute Gasteiger partial charge is 0.454 e. The summed E-state index contributed by atoms with van der Waals surface area (Å²) in [5.41, 5.74) is 0.569. The maximum absolute atomic E-state index is 11.9. The maximum atomic E-state index is 11.9. The monoisotopic (exact) mass is 334 g/mol. The first-order valence-electron chi connectivity index (χ1n) is 7.90. The number of rotatable bonds is 5. The molecular formula is C17H26N4O3. The number of benzene rings is 1. The third-order valence-corrected chi connectivity index (χ3v) is 3.96. The van der Waals surface area contributed by atoms with Crippen LogP contribution in [0.2, 0.25) is 0 Å². The Kier molecular flexibility index (Phi) is 5.54. The van der Waals surface area contributed by atoms with Crippen LogP contribution in [0, 0.1) is 5.41 Å². The smallest absolute Gasteiger partial charge is 0.231 e. The van der Waals surface area contributed by atoms with Gasteiger partial charge in [-0.3, -0.25) is 9.79 Å². The normalized spacial score (nSPS) is 13.6. The van der Waals surface area contributed by atoms with Gasteiger partial charge < -0.3 is 25.0 Å². The summed E-state index contributed by atoms with van der Waals surface area (Å²) in [6.45, 7) is 5.21. The van der Waals surface area contributed by atoms with E-state index < -0.39 is 5.41 Å². The lowest BCUT2D eigenvalue weighted by Gasteiger charge is -2.27. The van der Waals surface area contributed by atoms with E-state index in [0.29, 0.717) is 13.1 Å². The number of hydrogen-bond donors (Lipinski definition) is 2. The second-order valence-corrected chi connectivity index (χ2v) is 6.41. The SMILES string of the molecule is CN=C(NCC(C)(C)C(=O)NC)N(C)Cc1ccc2c(c1)OCO2. The van der Waals surface area contributed by atoms with E-state index in [2.05, 4.69) is 15.6 Å². The minimum Gasteiger partial charge on any atom is -0.454 e. The zero-order chi connectivity index (χ0) is 17.7. The summed E-state index contributed by atoms with van der Waals surface area (Å²) in [6, 6.07) is 5.89. The van der Waals surface area contributed by atoms with Crippen LogP contribution in [0.15, 0.2) is 23.2 Å². The van der Waals surface area contributed by atoms with Crippen molar-refractivity contribution in [3.8, 4) is 11.5 Å². The molecule has 1 aliphatic heterocycles. The molecule has 2 N–H and O–H groups in total. The fourth-order valence-electron chi connectivity index (χ4n) is 2.49. The standard InChI is InChI=1S/C17H26N4O3/c1-17(2,15(22)18-3)10-20-16(19-4)21(5)9-12-6-7-13-14(8-12)24-11-23-13/h6-8H,9-11H2,1-5H3,(H,18,22)(H,19,20). The molecule has 24 heavy (non-hydrogen) atoms. The van der Waals surface area contributed by atoms with Crippen LogP contribution in [0.3, 0.4) is 0 Å². The van der Waals surface area contributed by atoms with Crippen molar-refractivity contribution in [2.75, 3.05) is 34.5 Å². The van der Waals surface area contributed by atoms with Crippen molar-refractivity contribution in [3.05, 3.63) is 23.8 Å². The highest BCUT2D eigenvalue weighted by Gasteiger charge is 2.27. The number of hydrogen-bond acceptors (Lipinski definition) is 4. The third kappa shape index (κ3) is 4.10. The van der Waals surface area contributed by atoms with Crippen LogP contribution >= 0.6 is 0 Å². The molecule has 1 amide bonds. The van der Waals surface area contributed by atoms with Gasteiger partial charge in [0.05, 0.1) is 5.41 Å². The Morgan fingerprint density at radius 2 is 2.04 bits per heavy atom. The molecule has 1 aliphatic rings. The fraction of sp³-hybridized carbons (Fsp3) is 0.529. The molecule has 1 aromatic carbocycles. The molecule has 7 heteroatoms. The van der Waals surface area contributed by atoms with Crippen molar-refractivity contribution in [1.82, 2.24) is 15.5 Å². The fourth-order valence-corrected chi connectivity index (χ4v) is 2.49. The molecule has 7 nitrogen and oxygen atoms in total. The topological polar surface area (TPSA) is 75.2 Å². The number of nitrogens with one attached hydrogen (secondary N) is 2. The van der Waals surface area contributed by atoms with Crippen LogP contribution in [0.25, 0.3) is 0 Å². The quantitative estimate of drug-likeness (QED) is 0.625. The summed E-state index contributed by atoms with van der Waals surface area (Å²) in [5.74, 6) is 2.26. The second kappa shape index (κ2) is 7.42. The van der Waals surface area contributed by atoms with E-state index in [1.807, 2.05) is 44.0 Å². The number of nitrogens with zero attached hydrogens (tertiary/aromatic N) is 2. The predicted molar refractivity (Wildman–Crippen MR) is 93.2 cm³/mol. The summed E-state index contributed by atoms with van der Waals surface area (Å²) in [6.07, 6.45) is 0. The van der Waals surface area contributed by atoms with Gasteiger partial charge in [-0.05, 0) is 31.5 Å². The van der Waals surface area contributed by atoms with E-state index in [9.17, 15) is 4.79 Å². The lowest BCUT2D eigenvalue weighted by atomic mass is 9.92. The molecule has 0 atom stereocenters. The van der Waals surface area contributed by atoms with Gasteiger partial charge in [-0.1, -0.05) is 6.07 Å². The number of ether oxygens (including phenoxy) is 2. The number of fused-ring (bicyclic) bond motifs is 1. The van der Waals surface area contributed by atoms with Crippen LogP contribution in [-0.4, -0.2) is 51.2 Å². The second-order valence-electron chi connectivity index (χ2n) is 6.41. The van der Waals surface area contributed by atoms with Crippen molar-refractivity contribution in [1.29, 1.82) is 0 Å². The molecule has 1 aromatic rings. The van der Waals surface area contributed by atoms with Crippen LogP contribution in [0.4, 0.5) is 0 Å². The molecule has 1 heterocycles. The minimum absolute atomic E-state index is 0.0103. The Morgan fingerprint density at radius 1 is 1.33 bits per heavy atom. The van der Waals surface area contributed by atoms with Gasteiger partial charge in [-0.15, -0.1) is 0 Å². The van der Waals surface area contributed by atoms with Gasteiger partial charge in [0.1, 0.15) is 0 Å². The first-order chi connectivity index (χ1) is 11.4. The number of aliphatic imine (C=N–C) groups is 1. The molecule has 0 fully saturated rings. The van der Waals surface area contributed by atoms with E-state index in [0.717, 1.165) is 23.0 Å². The number of guanidine groups is 1. The van der Waals surface area contributed by atoms with Crippen LogP contribution in [0.1, 0.15) is 19.4 Å². The summed E-state index contributed by atoms with van der Waals surface area (Å²) in [5, 5.41) is 5.94. The summed E-state index contributed by atoms with van der Waals surface area (Å²) >= 11 is 0.